The fraction of sp³-hybridized carbons (Fsp3) is 0.0833. The van der Waals surface area contributed by atoms with E-state index in [1.807, 2.05) is 0 Å². The third-order valence-electron chi connectivity index (χ3n) is 2.70. The second kappa shape index (κ2) is 5.66. The Bertz CT molecular complexity index is 808. The number of anilines is 1. The van der Waals surface area contributed by atoms with E-state index in [9.17, 15) is 18.5 Å². The first kappa shape index (κ1) is 15.2. The molecule has 0 amide bonds. The Morgan fingerprint density at radius 3 is 2.52 bits per heavy atom. The standard InChI is InChI=1S/C12H10ClN3O4S/c1-8-9(16(17)18)4-2-5-10(8)21(19,20)15-12-7-3-6-11(13)14-12/h2-7H,1H3,(H,14,15). The first-order chi connectivity index (χ1) is 9.81. The van der Waals surface area contributed by atoms with E-state index in [0.717, 1.165) is 0 Å². The van der Waals surface area contributed by atoms with Crippen molar-refractivity contribution in [2.45, 2.75) is 11.8 Å². The lowest BCUT2D eigenvalue weighted by Gasteiger charge is -2.09. The van der Waals surface area contributed by atoms with Crippen molar-refractivity contribution in [1.29, 1.82) is 0 Å². The van der Waals surface area contributed by atoms with Crippen molar-refractivity contribution in [3.63, 3.8) is 0 Å². The highest BCUT2D eigenvalue weighted by Crippen LogP contribution is 2.26. The number of aromatic nitrogens is 1. The van der Waals surface area contributed by atoms with Crippen LogP contribution in [0.2, 0.25) is 5.15 Å². The van der Waals surface area contributed by atoms with Crippen LogP contribution in [0.5, 0.6) is 0 Å². The van der Waals surface area contributed by atoms with Crippen LogP contribution in [0.25, 0.3) is 0 Å². The Morgan fingerprint density at radius 1 is 1.24 bits per heavy atom. The molecule has 7 nitrogen and oxygen atoms in total. The van der Waals surface area contributed by atoms with Crippen LogP contribution in [-0.4, -0.2) is 18.3 Å². The average Bonchev–Trinajstić information content (AvgIpc) is 2.37. The molecule has 0 radical (unpaired) electrons. The summed E-state index contributed by atoms with van der Waals surface area (Å²) < 4.78 is 26.8. The predicted octanol–water partition coefficient (Wildman–Crippen LogP) is 2.75. The van der Waals surface area contributed by atoms with Crippen molar-refractivity contribution in [1.82, 2.24) is 4.98 Å². The summed E-state index contributed by atoms with van der Waals surface area (Å²) in [7, 11) is -3.99. The SMILES string of the molecule is Cc1c([N+](=O)[O-])cccc1S(=O)(=O)Nc1cccc(Cl)n1. The van der Waals surface area contributed by atoms with E-state index in [1.165, 1.54) is 43.3 Å². The molecule has 21 heavy (non-hydrogen) atoms. The number of hydrogen-bond donors (Lipinski definition) is 1. The number of nitrogens with zero attached hydrogens (tertiary/aromatic N) is 2. The number of nitrogens with one attached hydrogen (secondary N) is 1. The van der Waals surface area contributed by atoms with Gasteiger partial charge in [0.2, 0.25) is 0 Å². The van der Waals surface area contributed by atoms with Crippen molar-refractivity contribution in [3.05, 3.63) is 57.2 Å². The molecule has 2 aromatic rings. The van der Waals surface area contributed by atoms with E-state index in [4.69, 9.17) is 11.6 Å². The van der Waals surface area contributed by atoms with Crippen molar-refractivity contribution in [3.8, 4) is 0 Å². The van der Waals surface area contributed by atoms with Gasteiger partial charge in [-0.15, -0.1) is 0 Å². The predicted molar refractivity (Wildman–Crippen MR) is 77.9 cm³/mol. The zero-order chi connectivity index (χ0) is 15.6. The summed E-state index contributed by atoms with van der Waals surface area (Å²) in [6.07, 6.45) is 0. The molecule has 0 aliphatic rings. The molecule has 0 fully saturated rings. The number of benzene rings is 1. The monoisotopic (exact) mass is 327 g/mol. The summed E-state index contributed by atoms with van der Waals surface area (Å²) in [5.41, 5.74) is -0.214. The van der Waals surface area contributed by atoms with Crippen LogP contribution < -0.4 is 4.72 Å². The third kappa shape index (κ3) is 3.29. The van der Waals surface area contributed by atoms with Crippen molar-refractivity contribution in [2.24, 2.45) is 0 Å². The van der Waals surface area contributed by atoms with Crippen LogP contribution in [-0.2, 0) is 10.0 Å². The molecule has 1 heterocycles. The van der Waals surface area contributed by atoms with Crippen LogP contribution >= 0.6 is 11.6 Å². The van der Waals surface area contributed by atoms with E-state index in [2.05, 4.69) is 9.71 Å². The van der Waals surface area contributed by atoms with Gasteiger partial charge >= 0.3 is 0 Å². The molecule has 1 aromatic heterocycles. The van der Waals surface area contributed by atoms with Gasteiger partial charge in [-0.3, -0.25) is 14.8 Å². The number of hydrogen-bond acceptors (Lipinski definition) is 5. The summed E-state index contributed by atoms with van der Waals surface area (Å²) >= 11 is 5.68. The van der Waals surface area contributed by atoms with Gasteiger partial charge in [0.1, 0.15) is 11.0 Å². The Balaban J connectivity index is 2.45. The highest BCUT2D eigenvalue weighted by molar-refractivity contribution is 7.92. The van der Waals surface area contributed by atoms with E-state index in [-0.39, 0.29) is 27.1 Å². The molecule has 110 valence electrons. The number of nitro benzene ring substituents is 1. The van der Waals surface area contributed by atoms with Crippen molar-refractivity contribution >= 4 is 33.1 Å². The molecule has 0 aliphatic carbocycles. The molecule has 0 saturated carbocycles. The van der Waals surface area contributed by atoms with Crippen LogP contribution in [0, 0.1) is 17.0 Å². The minimum Gasteiger partial charge on any atom is -0.263 e. The minimum atomic E-state index is -3.99. The molecule has 9 heteroatoms. The molecule has 0 saturated heterocycles. The molecule has 0 unspecified atom stereocenters. The molecule has 0 bridgehead atoms. The number of halogens is 1. The van der Waals surface area contributed by atoms with Crippen LogP contribution in [0.15, 0.2) is 41.3 Å². The molecule has 0 spiro atoms. The highest BCUT2D eigenvalue weighted by Gasteiger charge is 2.23. The lowest BCUT2D eigenvalue weighted by molar-refractivity contribution is -0.385. The van der Waals surface area contributed by atoms with Gasteiger partial charge in [-0.1, -0.05) is 23.7 Å². The van der Waals surface area contributed by atoms with Crippen molar-refractivity contribution < 1.29 is 13.3 Å². The topological polar surface area (TPSA) is 102 Å². The number of nitro groups is 1. The zero-order valence-corrected chi connectivity index (χ0v) is 12.4. The number of rotatable bonds is 4. The molecule has 0 atom stereocenters. The summed E-state index contributed by atoms with van der Waals surface area (Å²) in [5.74, 6) is 0.0356. The number of sulfonamides is 1. The Hall–Kier alpha value is -2.19. The first-order valence-electron chi connectivity index (χ1n) is 5.70. The zero-order valence-electron chi connectivity index (χ0n) is 10.8. The quantitative estimate of drug-likeness (QED) is 0.528. The maximum atomic E-state index is 12.3. The summed E-state index contributed by atoms with van der Waals surface area (Å²) in [6, 6.07) is 8.30. The van der Waals surface area contributed by atoms with Gasteiger partial charge in [0.15, 0.2) is 0 Å². The Morgan fingerprint density at radius 2 is 1.90 bits per heavy atom. The van der Waals surface area contributed by atoms with E-state index in [1.54, 1.807) is 0 Å². The smallest absolute Gasteiger partial charge is 0.263 e. The molecular formula is C12H10ClN3O4S. The molecule has 1 aromatic carbocycles. The van der Waals surface area contributed by atoms with E-state index in [0.29, 0.717) is 0 Å². The average molecular weight is 328 g/mol. The van der Waals surface area contributed by atoms with Gasteiger partial charge in [0.05, 0.1) is 9.82 Å². The number of pyridine rings is 1. The Labute approximate surface area is 125 Å². The lowest BCUT2D eigenvalue weighted by Crippen LogP contribution is -2.15. The summed E-state index contributed by atoms with van der Waals surface area (Å²) in [5, 5.41) is 11.0. The summed E-state index contributed by atoms with van der Waals surface area (Å²) in [4.78, 5) is 13.9. The normalized spacial score (nSPS) is 11.1. The van der Waals surface area contributed by atoms with Crippen molar-refractivity contribution in [2.75, 3.05) is 4.72 Å². The fourth-order valence-electron chi connectivity index (χ4n) is 1.75. The van der Waals surface area contributed by atoms with Crippen LogP contribution in [0.4, 0.5) is 11.5 Å². The third-order valence-corrected chi connectivity index (χ3v) is 4.41. The highest BCUT2D eigenvalue weighted by atomic mass is 35.5. The van der Waals surface area contributed by atoms with Gasteiger partial charge in [-0.05, 0) is 25.1 Å². The second-order valence-corrected chi connectivity index (χ2v) is 6.15. The fourth-order valence-corrected chi connectivity index (χ4v) is 3.18. The maximum absolute atomic E-state index is 12.3. The molecule has 0 aliphatic heterocycles. The molecule has 2 rings (SSSR count). The van der Waals surface area contributed by atoms with E-state index >= 15 is 0 Å². The maximum Gasteiger partial charge on any atom is 0.273 e. The molecular weight excluding hydrogens is 318 g/mol. The van der Waals surface area contributed by atoms with Gasteiger partial charge in [-0.25, -0.2) is 13.4 Å². The van der Waals surface area contributed by atoms with E-state index < -0.39 is 14.9 Å². The van der Waals surface area contributed by atoms with Gasteiger partial charge in [-0.2, -0.15) is 0 Å². The first-order valence-corrected chi connectivity index (χ1v) is 7.57. The second-order valence-electron chi connectivity index (χ2n) is 4.11. The minimum absolute atomic E-state index is 0.0356. The lowest BCUT2D eigenvalue weighted by atomic mass is 10.2. The van der Waals surface area contributed by atoms with Crippen LogP contribution in [0.1, 0.15) is 5.56 Å². The van der Waals surface area contributed by atoms with Gasteiger partial charge < -0.3 is 0 Å². The largest absolute Gasteiger partial charge is 0.273 e. The van der Waals surface area contributed by atoms with Gasteiger partial charge in [0, 0.05) is 11.6 Å². The Kier molecular flexibility index (Phi) is 4.10. The van der Waals surface area contributed by atoms with Gasteiger partial charge in [0.25, 0.3) is 15.7 Å². The summed E-state index contributed by atoms with van der Waals surface area (Å²) in [6.45, 7) is 1.37. The van der Waals surface area contributed by atoms with Crippen LogP contribution in [0.3, 0.4) is 0 Å². The molecule has 1 N–H and O–H groups in total.